The number of hydrogen-bond donors (Lipinski definition) is 1. The maximum absolute atomic E-state index is 12.8. The normalized spacial score (nSPS) is 15.1. The molecule has 144 valence electrons. The van der Waals surface area contributed by atoms with E-state index >= 15 is 0 Å². The average Bonchev–Trinajstić information content (AvgIpc) is 3.16. The van der Waals surface area contributed by atoms with E-state index < -0.39 is 17.6 Å². The van der Waals surface area contributed by atoms with Gasteiger partial charge in [-0.1, -0.05) is 6.07 Å². The number of carbonyl (C=O) groups is 2. The number of benzene rings is 1. The van der Waals surface area contributed by atoms with Crippen molar-refractivity contribution in [2.75, 3.05) is 26.2 Å². The Morgan fingerprint density at radius 3 is 2.11 bits per heavy atom. The second kappa shape index (κ2) is 7.43. The van der Waals surface area contributed by atoms with Crippen molar-refractivity contribution in [3.05, 3.63) is 59.0 Å². The number of nitrogens with two attached hydrogens (primary N) is 1. The quantitative estimate of drug-likeness (QED) is 0.885. The molecule has 2 amide bonds. The van der Waals surface area contributed by atoms with Crippen molar-refractivity contribution in [3.63, 3.8) is 0 Å². The lowest BCUT2D eigenvalue weighted by atomic mass is 10.1. The van der Waals surface area contributed by atoms with Crippen LogP contribution in [0, 0.1) is 0 Å². The summed E-state index contributed by atoms with van der Waals surface area (Å²) in [7, 11) is 0. The predicted molar refractivity (Wildman–Crippen MR) is 89.9 cm³/mol. The maximum Gasteiger partial charge on any atom is 0.416 e. The lowest BCUT2D eigenvalue weighted by Crippen LogP contribution is -2.50. The highest BCUT2D eigenvalue weighted by Crippen LogP contribution is 2.29. The molecule has 2 N–H and O–H groups in total. The van der Waals surface area contributed by atoms with Crippen LogP contribution in [0.4, 0.5) is 13.2 Å². The van der Waals surface area contributed by atoms with Crippen molar-refractivity contribution in [2.45, 2.75) is 12.7 Å². The molecule has 1 fully saturated rings. The Labute approximate surface area is 153 Å². The molecule has 9 heteroatoms. The summed E-state index contributed by atoms with van der Waals surface area (Å²) in [5.41, 5.74) is 4.95. The Balaban J connectivity index is 1.63. The van der Waals surface area contributed by atoms with Crippen LogP contribution in [0.25, 0.3) is 0 Å². The second-order valence-electron chi connectivity index (χ2n) is 6.17. The standard InChI is InChI=1S/C18H18F3N3O3/c19-18(20,21)14-3-1-2-12(8-14)16(25)23-4-6-24(7-5-23)17(26)13-9-15(10-22)27-11-13/h1-3,8-9,11H,4-7,10,22H2. The molecule has 1 saturated heterocycles. The number of piperazine rings is 1. The van der Waals surface area contributed by atoms with Crippen LogP contribution in [-0.4, -0.2) is 47.8 Å². The minimum Gasteiger partial charge on any atom is -0.467 e. The van der Waals surface area contributed by atoms with E-state index in [9.17, 15) is 22.8 Å². The Morgan fingerprint density at radius 2 is 1.59 bits per heavy atom. The topological polar surface area (TPSA) is 79.8 Å². The number of alkyl halides is 3. The van der Waals surface area contributed by atoms with Crippen molar-refractivity contribution in [3.8, 4) is 0 Å². The van der Waals surface area contributed by atoms with E-state index in [-0.39, 0.29) is 44.2 Å². The predicted octanol–water partition coefficient (Wildman–Crippen LogP) is 2.36. The van der Waals surface area contributed by atoms with Gasteiger partial charge in [-0.2, -0.15) is 13.2 Å². The van der Waals surface area contributed by atoms with E-state index in [2.05, 4.69) is 0 Å². The number of carbonyl (C=O) groups excluding carboxylic acids is 2. The Hall–Kier alpha value is -2.81. The van der Waals surface area contributed by atoms with E-state index in [1.54, 1.807) is 11.0 Å². The highest BCUT2D eigenvalue weighted by atomic mass is 19.4. The smallest absolute Gasteiger partial charge is 0.416 e. The van der Waals surface area contributed by atoms with E-state index in [1.165, 1.54) is 23.3 Å². The van der Waals surface area contributed by atoms with Gasteiger partial charge in [-0.15, -0.1) is 0 Å². The molecule has 0 bridgehead atoms. The summed E-state index contributed by atoms with van der Waals surface area (Å²) in [5.74, 6) is -0.219. The first-order valence-corrected chi connectivity index (χ1v) is 8.33. The number of halogens is 3. The molecule has 1 aromatic heterocycles. The minimum atomic E-state index is -4.51. The van der Waals surface area contributed by atoms with Crippen LogP contribution in [-0.2, 0) is 12.7 Å². The van der Waals surface area contributed by atoms with E-state index in [0.29, 0.717) is 11.3 Å². The zero-order valence-electron chi connectivity index (χ0n) is 14.3. The molecule has 0 saturated carbocycles. The highest BCUT2D eigenvalue weighted by molar-refractivity contribution is 5.96. The van der Waals surface area contributed by atoms with Gasteiger partial charge in [0, 0.05) is 31.7 Å². The number of rotatable bonds is 3. The minimum absolute atomic E-state index is 0.0213. The van der Waals surface area contributed by atoms with Gasteiger partial charge >= 0.3 is 6.18 Å². The molecule has 1 aliphatic heterocycles. The number of furan rings is 1. The number of amides is 2. The van der Waals surface area contributed by atoms with Crippen LogP contribution in [0.3, 0.4) is 0 Å². The van der Waals surface area contributed by atoms with Crippen LogP contribution in [0.1, 0.15) is 32.0 Å². The number of hydrogen-bond acceptors (Lipinski definition) is 4. The van der Waals surface area contributed by atoms with Crippen molar-refractivity contribution in [1.82, 2.24) is 9.80 Å². The van der Waals surface area contributed by atoms with Gasteiger partial charge in [-0.25, -0.2) is 0 Å². The molecular weight excluding hydrogens is 363 g/mol. The van der Waals surface area contributed by atoms with Crippen molar-refractivity contribution < 1.29 is 27.2 Å². The zero-order chi connectivity index (χ0) is 19.6. The Morgan fingerprint density at radius 1 is 1.00 bits per heavy atom. The molecule has 6 nitrogen and oxygen atoms in total. The van der Waals surface area contributed by atoms with Crippen LogP contribution < -0.4 is 5.73 Å². The van der Waals surface area contributed by atoms with Gasteiger partial charge in [0.15, 0.2) is 0 Å². The monoisotopic (exact) mass is 381 g/mol. The first kappa shape index (κ1) is 19.0. The summed E-state index contributed by atoms with van der Waals surface area (Å²) < 4.78 is 43.6. The summed E-state index contributed by atoms with van der Waals surface area (Å²) >= 11 is 0. The van der Waals surface area contributed by atoms with Crippen molar-refractivity contribution in [1.29, 1.82) is 0 Å². The van der Waals surface area contributed by atoms with Gasteiger partial charge in [0.25, 0.3) is 11.8 Å². The number of nitrogens with zero attached hydrogens (tertiary/aromatic N) is 2. The van der Waals surface area contributed by atoms with Gasteiger partial charge in [-0.3, -0.25) is 9.59 Å². The molecule has 0 aliphatic carbocycles. The fraction of sp³-hybridized carbons (Fsp3) is 0.333. The molecular formula is C18H18F3N3O3. The Kier molecular flexibility index (Phi) is 5.22. The van der Waals surface area contributed by atoms with Gasteiger partial charge in [-0.05, 0) is 24.3 Å². The van der Waals surface area contributed by atoms with E-state index in [4.69, 9.17) is 10.2 Å². The lowest BCUT2D eigenvalue weighted by molar-refractivity contribution is -0.137. The third-order valence-electron chi connectivity index (χ3n) is 4.39. The summed E-state index contributed by atoms with van der Waals surface area (Å²) in [6, 6.07) is 5.91. The highest BCUT2D eigenvalue weighted by Gasteiger charge is 2.32. The van der Waals surface area contributed by atoms with Gasteiger partial charge in [0.2, 0.25) is 0 Å². The summed E-state index contributed by atoms with van der Waals surface area (Å²) in [4.78, 5) is 27.9. The summed E-state index contributed by atoms with van der Waals surface area (Å²) in [5, 5.41) is 0. The molecule has 3 rings (SSSR count). The molecule has 2 heterocycles. The maximum atomic E-state index is 12.8. The lowest BCUT2D eigenvalue weighted by Gasteiger charge is -2.34. The molecule has 1 aliphatic rings. The summed E-state index contributed by atoms with van der Waals surface area (Å²) in [6.07, 6.45) is -3.17. The van der Waals surface area contributed by atoms with Crippen LogP contribution in [0.2, 0.25) is 0 Å². The first-order chi connectivity index (χ1) is 12.8. The molecule has 1 aromatic carbocycles. The first-order valence-electron chi connectivity index (χ1n) is 8.33. The van der Waals surface area contributed by atoms with Gasteiger partial charge in [0.1, 0.15) is 12.0 Å². The van der Waals surface area contributed by atoms with Crippen LogP contribution >= 0.6 is 0 Å². The van der Waals surface area contributed by atoms with Crippen molar-refractivity contribution >= 4 is 11.8 Å². The molecule has 27 heavy (non-hydrogen) atoms. The third-order valence-corrected chi connectivity index (χ3v) is 4.39. The average molecular weight is 381 g/mol. The van der Waals surface area contributed by atoms with Crippen LogP contribution in [0.15, 0.2) is 41.0 Å². The molecule has 2 aromatic rings. The molecule has 0 radical (unpaired) electrons. The fourth-order valence-corrected chi connectivity index (χ4v) is 2.91. The van der Waals surface area contributed by atoms with Crippen molar-refractivity contribution in [2.24, 2.45) is 5.73 Å². The Bertz CT molecular complexity index is 840. The second-order valence-corrected chi connectivity index (χ2v) is 6.17. The van der Waals surface area contributed by atoms with E-state index in [0.717, 1.165) is 12.1 Å². The van der Waals surface area contributed by atoms with Gasteiger partial charge < -0.3 is 20.0 Å². The SMILES string of the molecule is NCc1cc(C(=O)N2CCN(C(=O)c3cccc(C(F)(F)F)c3)CC2)co1. The summed E-state index contributed by atoms with van der Waals surface area (Å²) in [6.45, 7) is 1.23. The van der Waals surface area contributed by atoms with Gasteiger partial charge in [0.05, 0.1) is 17.7 Å². The molecule has 0 unspecified atom stereocenters. The fourth-order valence-electron chi connectivity index (χ4n) is 2.91. The molecule has 0 spiro atoms. The van der Waals surface area contributed by atoms with E-state index in [1.807, 2.05) is 0 Å². The third kappa shape index (κ3) is 4.13. The van der Waals surface area contributed by atoms with Crippen LogP contribution in [0.5, 0.6) is 0 Å². The largest absolute Gasteiger partial charge is 0.467 e. The molecule has 0 atom stereocenters. The zero-order valence-corrected chi connectivity index (χ0v) is 14.3.